The summed E-state index contributed by atoms with van der Waals surface area (Å²) in [5.41, 5.74) is 6.90. The molecule has 0 aliphatic carbocycles. The van der Waals surface area contributed by atoms with E-state index in [0.717, 1.165) is 13.1 Å². The molecule has 4 nitrogen and oxygen atoms in total. The monoisotopic (exact) mass is 249 g/mol. The van der Waals surface area contributed by atoms with Gasteiger partial charge in [0.05, 0.1) is 0 Å². The van der Waals surface area contributed by atoms with Gasteiger partial charge in [-0.2, -0.15) is 0 Å². The summed E-state index contributed by atoms with van der Waals surface area (Å²) in [7, 11) is 0. The quantitative estimate of drug-likeness (QED) is 0.755. The molecule has 0 bridgehead atoms. The Hall–Kier alpha value is -1.55. The predicted molar refractivity (Wildman–Crippen MR) is 75.6 cm³/mol. The molecular weight excluding hydrogens is 226 g/mol. The van der Waals surface area contributed by atoms with Crippen LogP contribution in [0.3, 0.4) is 0 Å². The second-order valence-electron chi connectivity index (χ2n) is 4.40. The number of anilines is 1. The molecule has 1 amide bonds. The zero-order valence-corrected chi connectivity index (χ0v) is 11.4. The topological polar surface area (TPSA) is 58.4 Å². The average Bonchev–Trinajstić information content (AvgIpc) is 2.38. The van der Waals surface area contributed by atoms with Crippen molar-refractivity contribution >= 4 is 11.6 Å². The van der Waals surface area contributed by atoms with Gasteiger partial charge in [0.1, 0.15) is 0 Å². The third-order valence-corrected chi connectivity index (χ3v) is 3.17. The van der Waals surface area contributed by atoms with Gasteiger partial charge in [-0.15, -0.1) is 0 Å². The van der Waals surface area contributed by atoms with Gasteiger partial charge in [-0.3, -0.25) is 9.69 Å². The minimum absolute atomic E-state index is 0.0472. The molecule has 0 aliphatic rings. The molecule has 0 aromatic heterocycles. The van der Waals surface area contributed by atoms with Gasteiger partial charge in [0.25, 0.3) is 5.91 Å². The van der Waals surface area contributed by atoms with Crippen LogP contribution in [0.25, 0.3) is 0 Å². The lowest BCUT2D eigenvalue weighted by Crippen LogP contribution is -2.41. The first kappa shape index (κ1) is 14.5. The lowest BCUT2D eigenvalue weighted by atomic mass is 10.2. The molecule has 100 valence electrons. The standard InChI is InChI=1S/C14H23N3O/c1-4-17(5-2)11(3)10-16-14(18)12-6-8-13(15)9-7-12/h6-9,11H,4-5,10,15H2,1-3H3,(H,16,18). The first-order chi connectivity index (χ1) is 8.58. The molecule has 1 aromatic rings. The van der Waals surface area contributed by atoms with Gasteiger partial charge in [0, 0.05) is 23.8 Å². The van der Waals surface area contributed by atoms with E-state index >= 15 is 0 Å². The Kier molecular flexibility index (Phi) is 5.65. The SMILES string of the molecule is CCN(CC)C(C)CNC(=O)c1ccc(N)cc1. The van der Waals surface area contributed by atoms with Crippen LogP contribution < -0.4 is 11.1 Å². The minimum Gasteiger partial charge on any atom is -0.399 e. The van der Waals surface area contributed by atoms with Gasteiger partial charge in [-0.05, 0) is 44.3 Å². The Bertz CT molecular complexity index is 371. The fourth-order valence-corrected chi connectivity index (χ4v) is 1.95. The van der Waals surface area contributed by atoms with Crippen molar-refractivity contribution in [2.45, 2.75) is 26.8 Å². The van der Waals surface area contributed by atoms with Crippen molar-refractivity contribution < 1.29 is 4.79 Å². The van der Waals surface area contributed by atoms with E-state index in [1.807, 2.05) is 0 Å². The molecule has 0 aliphatic heterocycles. The number of nitrogens with one attached hydrogen (secondary N) is 1. The van der Waals surface area contributed by atoms with Crippen LogP contribution in [-0.2, 0) is 0 Å². The van der Waals surface area contributed by atoms with Crippen molar-refractivity contribution in [1.29, 1.82) is 0 Å². The van der Waals surface area contributed by atoms with E-state index in [1.54, 1.807) is 24.3 Å². The second kappa shape index (κ2) is 7.01. The molecule has 1 unspecified atom stereocenters. The molecular formula is C14H23N3O. The molecule has 4 heteroatoms. The Labute approximate surface area is 109 Å². The van der Waals surface area contributed by atoms with Crippen molar-refractivity contribution in [3.05, 3.63) is 29.8 Å². The van der Waals surface area contributed by atoms with Crippen LogP contribution in [0.15, 0.2) is 24.3 Å². The number of benzene rings is 1. The maximum absolute atomic E-state index is 11.9. The Balaban J connectivity index is 2.48. The highest BCUT2D eigenvalue weighted by Crippen LogP contribution is 2.05. The minimum atomic E-state index is -0.0472. The smallest absolute Gasteiger partial charge is 0.251 e. The Morgan fingerprint density at radius 1 is 1.28 bits per heavy atom. The van der Waals surface area contributed by atoms with Crippen LogP contribution >= 0.6 is 0 Å². The van der Waals surface area contributed by atoms with Crippen molar-refractivity contribution in [2.24, 2.45) is 0 Å². The highest BCUT2D eigenvalue weighted by Gasteiger charge is 2.11. The number of amides is 1. The van der Waals surface area contributed by atoms with Gasteiger partial charge in [-0.1, -0.05) is 13.8 Å². The maximum Gasteiger partial charge on any atom is 0.251 e. The van der Waals surface area contributed by atoms with Crippen molar-refractivity contribution in [3.63, 3.8) is 0 Å². The molecule has 3 N–H and O–H groups in total. The number of carbonyl (C=O) groups excluding carboxylic acids is 1. The lowest BCUT2D eigenvalue weighted by molar-refractivity contribution is 0.0938. The van der Waals surface area contributed by atoms with Crippen LogP contribution in [-0.4, -0.2) is 36.5 Å². The van der Waals surface area contributed by atoms with Crippen LogP contribution in [0.5, 0.6) is 0 Å². The highest BCUT2D eigenvalue weighted by atomic mass is 16.1. The lowest BCUT2D eigenvalue weighted by Gasteiger charge is -2.26. The number of hydrogen-bond acceptors (Lipinski definition) is 3. The van der Waals surface area contributed by atoms with Gasteiger partial charge in [0.15, 0.2) is 0 Å². The Morgan fingerprint density at radius 3 is 2.33 bits per heavy atom. The molecule has 0 fully saturated rings. The predicted octanol–water partition coefficient (Wildman–Crippen LogP) is 1.73. The number of nitrogen functional groups attached to an aromatic ring is 1. The summed E-state index contributed by atoms with van der Waals surface area (Å²) in [6, 6.07) is 7.31. The number of likely N-dealkylation sites (N-methyl/N-ethyl adjacent to an activating group) is 1. The summed E-state index contributed by atoms with van der Waals surface area (Å²) in [6.45, 7) is 9.02. The van der Waals surface area contributed by atoms with Gasteiger partial charge < -0.3 is 11.1 Å². The third-order valence-electron chi connectivity index (χ3n) is 3.17. The number of rotatable bonds is 6. The van der Waals surface area contributed by atoms with E-state index in [2.05, 4.69) is 31.0 Å². The molecule has 0 saturated carbocycles. The fourth-order valence-electron chi connectivity index (χ4n) is 1.95. The van der Waals surface area contributed by atoms with Crippen molar-refractivity contribution in [3.8, 4) is 0 Å². The summed E-state index contributed by atoms with van der Waals surface area (Å²) >= 11 is 0. The van der Waals surface area contributed by atoms with Crippen molar-refractivity contribution in [2.75, 3.05) is 25.4 Å². The summed E-state index contributed by atoms with van der Waals surface area (Å²) in [6.07, 6.45) is 0. The molecule has 0 radical (unpaired) electrons. The van der Waals surface area contributed by atoms with E-state index in [4.69, 9.17) is 5.73 Å². The summed E-state index contributed by atoms with van der Waals surface area (Å²) < 4.78 is 0. The normalized spacial score (nSPS) is 12.4. The molecule has 0 heterocycles. The summed E-state index contributed by atoms with van der Waals surface area (Å²) in [5.74, 6) is -0.0472. The number of hydrogen-bond donors (Lipinski definition) is 2. The van der Waals surface area contributed by atoms with E-state index in [-0.39, 0.29) is 5.91 Å². The van der Waals surface area contributed by atoms with Crippen LogP contribution in [0, 0.1) is 0 Å². The third kappa shape index (κ3) is 4.04. The largest absolute Gasteiger partial charge is 0.399 e. The van der Waals surface area contributed by atoms with Gasteiger partial charge in [-0.25, -0.2) is 0 Å². The first-order valence-corrected chi connectivity index (χ1v) is 6.46. The van der Waals surface area contributed by atoms with E-state index in [0.29, 0.717) is 23.8 Å². The molecule has 18 heavy (non-hydrogen) atoms. The highest BCUT2D eigenvalue weighted by molar-refractivity contribution is 5.94. The van der Waals surface area contributed by atoms with Crippen molar-refractivity contribution in [1.82, 2.24) is 10.2 Å². The van der Waals surface area contributed by atoms with Crippen LogP contribution in [0.4, 0.5) is 5.69 Å². The average molecular weight is 249 g/mol. The molecule has 0 saturated heterocycles. The zero-order valence-electron chi connectivity index (χ0n) is 11.4. The molecule has 1 atom stereocenters. The number of nitrogens with two attached hydrogens (primary N) is 1. The Morgan fingerprint density at radius 2 is 1.83 bits per heavy atom. The van der Waals surface area contributed by atoms with E-state index in [9.17, 15) is 4.79 Å². The maximum atomic E-state index is 11.9. The summed E-state index contributed by atoms with van der Waals surface area (Å²) in [4.78, 5) is 14.2. The fraction of sp³-hybridized carbons (Fsp3) is 0.500. The number of carbonyl (C=O) groups is 1. The second-order valence-corrected chi connectivity index (χ2v) is 4.40. The zero-order chi connectivity index (χ0) is 13.5. The van der Waals surface area contributed by atoms with E-state index in [1.165, 1.54) is 0 Å². The molecule has 1 aromatic carbocycles. The molecule has 1 rings (SSSR count). The van der Waals surface area contributed by atoms with Gasteiger partial charge in [0.2, 0.25) is 0 Å². The van der Waals surface area contributed by atoms with E-state index < -0.39 is 0 Å². The van der Waals surface area contributed by atoms with Crippen LogP contribution in [0.2, 0.25) is 0 Å². The van der Waals surface area contributed by atoms with Crippen LogP contribution in [0.1, 0.15) is 31.1 Å². The first-order valence-electron chi connectivity index (χ1n) is 6.46. The van der Waals surface area contributed by atoms with Gasteiger partial charge >= 0.3 is 0 Å². The summed E-state index contributed by atoms with van der Waals surface area (Å²) in [5, 5.41) is 2.95. The molecule has 0 spiro atoms. The number of nitrogens with zero attached hydrogens (tertiary/aromatic N) is 1.